The van der Waals surface area contributed by atoms with Gasteiger partial charge in [-0.3, -0.25) is 9.10 Å². The molecule has 1 atom stereocenters. The fraction of sp³-hybridized carbons (Fsp3) is 0.458. The highest BCUT2D eigenvalue weighted by atomic mass is 32.2. The van der Waals surface area contributed by atoms with Gasteiger partial charge in [-0.2, -0.15) is 0 Å². The van der Waals surface area contributed by atoms with Gasteiger partial charge in [0, 0.05) is 31.4 Å². The average Bonchev–Trinajstić information content (AvgIpc) is 2.73. The number of benzene rings is 2. The average molecular weight is 444 g/mol. The van der Waals surface area contributed by atoms with Crippen molar-refractivity contribution in [3.63, 3.8) is 0 Å². The van der Waals surface area contributed by atoms with Gasteiger partial charge in [-0.1, -0.05) is 19.1 Å². The molecule has 1 saturated heterocycles. The molecule has 1 fully saturated rings. The molecule has 1 aliphatic rings. The van der Waals surface area contributed by atoms with Crippen LogP contribution in [0.5, 0.6) is 0 Å². The van der Waals surface area contributed by atoms with Crippen LogP contribution in [0.2, 0.25) is 0 Å². The SMILES string of the molecule is Cc1cc(C(=O)N[C@H](C)c2ccc(N3CCC(C)CC3)cc2)ccc1N(C)S(C)(=O)=O. The Labute approximate surface area is 186 Å². The molecule has 168 valence electrons. The van der Waals surface area contributed by atoms with E-state index in [1.807, 2.05) is 6.92 Å². The Morgan fingerprint density at radius 3 is 2.29 bits per heavy atom. The van der Waals surface area contributed by atoms with Crippen LogP contribution in [-0.2, 0) is 10.0 Å². The molecule has 0 bridgehead atoms. The highest BCUT2D eigenvalue weighted by Crippen LogP contribution is 2.25. The third-order valence-electron chi connectivity index (χ3n) is 6.19. The molecule has 7 heteroatoms. The van der Waals surface area contributed by atoms with E-state index in [2.05, 4.69) is 41.4 Å². The number of sulfonamides is 1. The van der Waals surface area contributed by atoms with Crippen molar-refractivity contribution in [1.29, 1.82) is 0 Å². The maximum Gasteiger partial charge on any atom is 0.251 e. The third-order valence-corrected chi connectivity index (χ3v) is 7.38. The Bertz CT molecular complexity index is 1030. The topological polar surface area (TPSA) is 69.7 Å². The first-order chi connectivity index (χ1) is 14.6. The van der Waals surface area contributed by atoms with Gasteiger partial charge in [0.25, 0.3) is 5.91 Å². The number of hydrogen-bond acceptors (Lipinski definition) is 4. The molecule has 6 nitrogen and oxygen atoms in total. The van der Waals surface area contributed by atoms with Gasteiger partial charge in [0.2, 0.25) is 10.0 Å². The van der Waals surface area contributed by atoms with Crippen LogP contribution in [-0.4, -0.2) is 40.7 Å². The van der Waals surface area contributed by atoms with Crippen LogP contribution in [0.15, 0.2) is 42.5 Å². The maximum absolute atomic E-state index is 12.8. The summed E-state index contributed by atoms with van der Waals surface area (Å²) < 4.78 is 24.8. The number of nitrogens with one attached hydrogen (secondary N) is 1. The van der Waals surface area contributed by atoms with Crippen molar-refractivity contribution in [2.45, 2.75) is 39.7 Å². The van der Waals surface area contributed by atoms with Crippen LogP contribution in [0.25, 0.3) is 0 Å². The first kappa shape index (κ1) is 23.1. The lowest BCUT2D eigenvalue weighted by Gasteiger charge is -2.32. The Kier molecular flexibility index (Phi) is 6.94. The van der Waals surface area contributed by atoms with E-state index in [0.717, 1.165) is 36.4 Å². The number of anilines is 2. The minimum atomic E-state index is -3.35. The molecule has 1 N–H and O–H groups in total. The summed E-state index contributed by atoms with van der Waals surface area (Å²) in [5.74, 6) is 0.619. The van der Waals surface area contributed by atoms with Gasteiger partial charge in [0.15, 0.2) is 0 Å². The molecule has 0 aromatic heterocycles. The number of aryl methyl sites for hydroxylation is 1. The Balaban J connectivity index is 1.65. The number of rotatable bonds is 6. The molecule has 0 saturated carbocycles. The molecule has 3 rings (SSSR count). The van der Waals surface area contributed by atoms with E-state index in [-0.39, 0.29) is 11.9 Å². The van der Waals surface area contributed by atoms with Crippen LogP contribution >= 0.6 is 0 Å². The second-order valence-corrected chi connectivity index (χ2v) is 10.7. The number of carbonyl (C=O) groups is 1. The van der Waals surface area contributed by atoms with Crippen LogP contribution < -0.4 is 14.5 Å². The van der Waals surface area contributed by atoms with E-state index >= 15 is 0 Å². The van der Waals surface area contributed by atoms with E-state index in [0.29, 0.717) is 11.3 Å². The molecule has 0 spiro atoms. The number of amides is 1. The predicted molar refractivity (Wildman–Crippen MR) is 127 cm³/mol. The number of piperidine rings is 1. The van der Waals surface area contributed by atoms with Crippen molar-refractivity contribution in [1.82, 2.24) is 5.32 Å². The van der Waals surface area contributed by atoms with Gasteiger partial charge in [-0.25, -0.2) is 8.42 Å². The lowest BCUT2D eigenvalue weighted by Crippen LogP contribution is -2.32. The Hall–Kier alpha value is -2.54. The van der Waals surface area contributed by atoms with Gasteiger partial charge < -0.3 is 10.2 Å². The van der Waals surface area contributed by atoms with Crippen molar-refractivity contribution in [3.8, 4) is 0 Å². The number of nitrogens with zero attached hydrogens (tertiary/aromatic N) is 2. The highest BCUT2D eigenvalue weighted by molar-refractivity contribution is 7.92. The largest absolute Gasteiger partial charge is 0.372 e. The van der Waals surface area contributed by atoms with Crippen LogP contribution in [0.3, 0.4) is 0 Å². The fourth-order valence-electron chi connectivity index (χ4n) is 3.93. The summed E-state index contributed by atoms with van der Waals surface area (Å²) in [7, 11) is -1.84. The molecule has 2 aromatic rings. The molecule has 31 heavy (non-hydrogen) atoms. The van der Waals surface area contributed by atoms with E-state index in [9.17, 15) is 13.2 Å². The van der Waals surface area contributed by atoms with Crippen LogP contribution in [0, 0.1) is 12.8 Å². The maximum atomic E-state index is 12.8. The lowest BCUT2D eigenvalue weighted by atomic mass is 9.98. The van der Waals surface area contributed by atoms with E-state index < -0.39 is 10.0 Å². The second-order valence-electron chi connectivity index (χ2n) is 8.69. The lowest BCUT2D eigenvalue weighted by molar-refractivity contribution is 0.0940. The molecular formula is C24H33N3O3S. The zero-order valence-corrected chi connectivity index (χ0v) is 19.9. The molecule has 0 unspecified atom stereocenters. The summed E-state index contributed by atoms with van der Waals surface area (Å²) in [4.78, 5) is 15.2. The molecule has 1 amide bonds. The van der Waals surface area contributed by atoms with Gasteiger partial charge in [0.05, 0.1) is 18.0 Å². The number of hydrogen-bond donors (Lipinski definition) is 1. The minimum Gasteiger partial charge on any atom is -0.372 e. The van der Waals surface area contributed by atoms with Crippen LogP contribution in [0.4, 0.5) is 11.4 Å². The highest BCUT2D eigenvalue weighted by Gasteiger charge is 2.18. The van der Waals surface area contributed by atoms with Crippen molar-refractivity contribution in [2.75, 3.05) is 35.6 Å². The fourth-order valence-corrected chi connectivity index (χ4v) is 4.49. The van der Waals surface area contributed by atoms with Gasteiger partial charge in [-0.15, -0.1) is 0 Å². The van der Waals surface area contributed by atoms with Gasteiger partial charge in [0.1, 0.15) is 0 Å². The smallest absolute Gasteiger partial charge is 0.251 e. The summed E-state index contributed by atoms with van der Waals surface area (Å²) in [6, 6.07) is 13.3. The van der Waals surface area contributed by atoms with Crippen molar-refractivity contribution in [3.05, 3.63) is 59.2 Å². The summed E-state index contributed by atoms with van der Waals surface area (Å²) >= 11 is 0. The van der Waals surface area contributed by atoms with Crippen molar-refractivity contribution >= 4 is 27.3 Å². The molecule has 0 radical (unpaired) electrons. The summed E-state index contributed by atoms with van der Waals surface area (Å²) in [6.07, 6.45) is 3.62. The van der Waals surface area contributed by atoms with Crippen molar-refractivity contribution in [2.24, 2.45) is 5.92 Å². The summed E-state index contributed by atoms with van der Waals surface area (Å²) in [5.41, 5.74) is 4.08. The second kappa shape index (κ2) is 9.30. The zero-order chi connectivity index (χ0) is 22.8. The molecule has 1 aliphatic heterocycles. The zero-order valence-electron chi connectivity index (χ0n) is 19.1. The van der Waals surface area contributed by atoms with Crippen LogP contribution in [0.1, 0.15) is 54.2 Å². The van der Waals surface area contributed by atoms with E-state index in [1.54, 1.807) is 25.1 Å². The van der Waals surface area contributed by atoms with E-state index in [4.69, 9.17) is 0 Å². The summed E-state index contributed by atoms with van der Waals surface area (Å²) in [5, 5.41) is 3.04. The standard InChI is InChI=1S/C24H33N3O3S/c1-17-12-14-27(15-13-17)22-9-6-20(7-10-22)19(3)25-24(28)21-8-11-23(18(2)16-21)26(4)31(5,29)30/h6-11,16-17,19H,12-15H2,1-5H3,(H,25,28)/t19-/m1/s1. The van der Waals surface area contributed by atoms with E-state index in [1.165, 1.54) is 29.9 Å². The Morgan fingerprint density at radius 2 is 1.74 bits per heavy atom. The third kappa shape index (κ3) is 5.58. The van der Waals surface area contributed by atoms with Gasteiger partial charge in [-0.05, 0) is 74.1 Å². The monoisotopic (exact) mass is 443 g/mol. The normalized spacial score (nSPS) is 16.1. The Morgan fingerprint density at radius 1 is 1.13 bits per heavy atom. The predicted octanol–water partition coefficient (Wildman–Crippen LogP) is 4.12. The molecule has 2 aromatic carbocycles. The first-order valence-corrected chi connectivity index (χ1v) is 12.6. The molecular weight excluding hydrogens is 410 g/mol. The summed E-state index contributed by atoms with van der Waals surface area (Å²) in [6.45, 7) is 8.27. The van der Waals surface area contributed by atoms with Gasteiger partial charge >= 0.3 is 0 Å². The quantitative estimate of drug-likeness (QED) is 0.729. The molecule has 0 aliphatic carbocycles. The molecule has 1 heterocycles. The first-order valence-electron chi connectivity index (χ1n) is 10.8. The number of carbonyl (C=O) groups excluding carboxylic acids is 1. The van der Waals surface area contributed by atoms with Crippen molar-refractivity contribution < 1.29 is 13.2 Å². The minimum absolute atomic E-state index is 0.137.